The summed E-state index contributed by atoms with van der Waals surface area (Å²) >= 11 is 2.30. The van der Waals surface area contributed by atoms with Crippen LogP contribution in [0.5, 0.6) is 0 Å². The number of rotatable bonds is 3. The highest BCUT2D eigenvalue weighted by Crippen LogP contribution is 2.19. The van der Waals surface area contributed by atoms with Crippen molar-refractivity contribution in [2.75, 3.05) is 0 Å². The lowest BCUT2D eigenvalue weighted by atomic mass is 10.0. The van der Waals surface area contributed by atoms with Crippen LogP contribution in [0.15, 0.2) is 18.2 Å². The zero-order valence-corrected chi connectivity index (χ0v) is 14.4. The van der Waals surface area contributed by atoms with Gasteiger partial charge < -0.3 is 10.1 Å². The molecule has 19 heavy (non-hydrogen) atoms. The van der Waals surface area contributed by atoms with Gasteiger partial charge in [-0.2, -0.15) is 0 Å². The van der Waals surface area contributed by atoms with Gasteiger partial charge in [0, 0.05) is 10.1 Å². The summed E-state index contributed by atoms with van der Waals surface area (Å²) in [5.41, 5.74) is 1.92. The number of carbonyl (C=O) groups excluding carboxylic acids is 1. The fourth-order valence-electron chi connectivity index (χ4n) is 1.60. The molecule has 3 nitrogen and oxygen atoms in total. The third kappa shape index (κ3) is 6.27. The maximum absolute atomic E-state index is 11.6. The molecule has 0 heterocycles. The van der Waals surface area contributed by atoms with Crippen molar-refractivity contribution in [1.82, 2.24) is 5.32 Å². The second-order valence-corrected chi connectivity index (χ2v) is 7.15. The van der Waals surface area contributed by atoms with E-state index in [4.69, 9.17) is 4.74 Å². The van der Waals surface area contributed by atoms with Crippen molar-refractivity contribution in [3.8, 4) is 0 Å². The van der Waals surface area contributed by atoms with Crippen LogP contribution in [-0.2, 0) is 11.3 Å². The standard InChI is InChI=1S/C15H22INO2/c1-10(2)12-6-11(7-13(16)8-12)9-17-14(18)19-15(3,4)5/h6-8,10H,9H2,1-5H3,(H,17,18). The normalized spacial score (nSPS) is 11.5. The zero-order chi connectivity index (χ0) is 14.6. The highest BCUT2D eigenvalue weighted by molar-refractivity contribution is 14.1. The third-order valence-electron chi connectivity index (χ3n) is 2.48. The number of hydrogen-bond acceptors (Lipinski definition) is 2. The Labute approximate surface area is 129 Å². The van der Waals surface area contributed by atoms with Crippen LogP contribution in [-0.4, -0.2) is 11.7 Å². The summed E-state index contributed by atoms with van der Waals surface area (Å²) in [6.45, 7) is 10.4. The first-order valence-electron chi connectivity index (χ1n) is 6.43. The topological polar surface area (TPSA) is 38.3 Å². The third-order valence-corrected chi connectivity index (χ3v) is 3.11. The van der Waals surface area contributed by atoms with Gasteiger partial charge in [-0.1, -0.05) is 19.9 Å². The molecular weight excluding hydrogens is 353 g/mol. The number of carbonyl (C=O) groups is 1. The van der Waals surface area contributed by atoms with Crippen LogP contribution in [0.2, 0.25) is 0 Å². The van der Waals surface area contributed by atoms with Crippen LogP contribution < -0.4 is 5.32 Å². The summed E-state index contributed by atoms with van der Waals surface area (Å²) in [5, 5.41) is 2.78. The Morgan fingerprint density at radius 1 is 1.32 bits per heavy atom. The highest BCUT2D eigenvalue weighted by atomic mass is 127. The number of ether oxygens (including phenoxy) is 1. The van der Waals surface area contributed by atoms with Crippen LogP contribution >= 0.6 is 22.6 Å². The van der Waals surface area contributed by atoms with Gasteiger partial charge in [0.05, 0.1) is 0 Å². The van der Waals surface area contributed by atoms with Crippen LogP contribution in [0.1, 0.15) is 51.7 Å². The van der Waals surface area contributed by atoms with E-state index in [1.807, 2.05) is 20.8 Å². The van der Waals surface area contributed by atoms with E-state index in [0.29, 0.717) is 12.5 Å². The first-order chi connectivity index (χ1) is 8.67. The molecule has 0 aliphatic heterocycles. The average molecular weight is 375 g/mol. The van der Waals surface area contributed by atoms with Crippen molar-refractivity contribution in [1.29, 1.82) is 0 Å². The minimum atomic E-state index is -0.460. The zero-order valence-electron chi connectivity index (χ0n) is 12.2. The molecule has 0 fully saturated rings. The molecule has 1 aromatic carbocycles. The van der Waals surface area contributed by atoms with E-state index in [9.17, 15) is 4.79 Å². The molecule has 4 heteroatoms. The van der Waals surface area contributed by atoms with E-state index >= 15 is 0 Å². The summed E-state index contributed by atoms with van der Waals surface area (Å²) in [6.07, 6.45) is -0.377. The number of benzene rings is 1. The lowest BCUT2D eigenvalue weighted by molar-refractivity contribution is 0.0523. The van der Waals surface area contributed by atoms with E-state index in [0.717, 1.165) is 5.56 Å². The molecule has 1 amide bonds. The molecule has 0 aromatic heterocycles. The molecule has 0 saturated carbocycles. The van der Waals surface area contributed by atoms with Gasteiger partial charge in [0.25, 0.3) is 0 Å². The number of nitrogens with one attached hydrogen (secondary N) is 1. The molecule has 0 aliphatic carbocycles. The number of halogens is 1. The van der Waals surface area contributed by atoms with Gasteiger partial charge in [0.2, 0.25) is 0 Å². The minimum Gasteiger partial charge on any atom is -0.444 e. The molecule has 0 atom stereocenters. The van der Waals surface area contributed by atoms with Gasteiger partial charge in [-0.3, -0.25) is 0 Å². The van der Waals surface area contributed by atoms with Crippen molar-refractivity contribution in [3.63, 3.8) is 0 Å². The maximum atomic E-state index is 11.6. The van der Waals surface area contributed by atoms with Crippen molar-refractivity contribution in [3.05, 3.63) is 32.9 Å². The number of alkyl carbamates (subject to hydrolysis) is 1. The highest BCUT2D eigenvalue weighted by Gasteiger charge is 2.15. The first kappa shape index (κ1) is 16.3. The Morgan fingerprint density at radius 3 is 2.47 bits per heavy atom. The first-order valence-corrected chi connectivity index (χ1v) is 7.51. The number of amides is 1. The summed E-state index contributed by atoms with van der Waals surface area (Å²) in [4.78, 5) is 11.6. The van der Waals surface area contributed by atoms with Gasteiger partial charge in [-0.15, -0.1) is 0 Å². The summed E-state index contributed by atoms with van der Waals surface area (Å²) in [7, 11) is 0. The Balaban J connectivity index is 2.65. The largest absolute Gasteiger partial charge is 0.444 e. The van der Waals surface area contributed by atoms with Gasteiger partial charge in [0.1, 0.15) is 5.60 Å². The summed E-state index contributed by atoms with van der Waals surface area (Å²) < 4.78 is 6.40. The van der Waals surface area contributed by atoms with Crippen LogP contribution in [0.3, 0.4) is 0 Å². The lowest BCUT2D eigenvalue weighted by Crippen LogP contribution is -2.32. The van der Waals surface area contributed by atoms with Crippen molar-refractivity contribution < 1.29 is 9.53 Å². The van der Waals surface area contributed by atoms with Gasteiger partial charge in [-0.25, -0.2) is 4.79 Å². The van der Waals surface area contributed by atoms with Crippen molar-refractivity contribution in [2.24, 2.45) is 0 Å². The molecule has 1 N–H and O–H groups in total. The van der Waals surface area contributed by atoms with E-state index in [1.54, 1.807) is 0 Å². The van der Waals surface area contributed by atoms with Crippen molar-refractivity contribution in [2.45, 2.75) is 52.7 Å². The quantitative estimate of drug-likeness (QED) is 0.794. The van der Waals surface area contributed by atoms with Gasteiger partial charge in [0.15, 0.2) is 0 Å². The van der Waals surface area contributed by atoms with Crippen LogP contribution in [0.25, 0.3) is 0 Å². The predicted molar refractivity (Wildman–Crippen MR) is 86.3 cm³/mol. The fraction of sp³-hybridized carbons (Fsp3) is 0.533. The Kier molecular flexibility index (Phi) is 5.64. The molecule has 0 unspecified atom stereocenters. The van der Waals surface area contributed by atoms with Crippen LogP contribution in [0, 0.1) is 3.57 Å². The van der Waals surface area contributed by atoms with E-state index in [2.05, 4.69) is 60.0 Å². The second kappa shape index (κ2) is 6.59. The molecule has 1 rings (SSSR count). The summed E-state index contributed by atoms with van der Waals surface area (Å²) in [6, 6.07) is 6.37. The monoisotopic (exact) mass is 375 g/mol. The molecule has 0 saturated heterocycles. The Morgan fingerprint density at radius 2 is 1.95 bits per heavy atom. The van der Waals surface area contributed by atoms with Gasteiger partial charge in [-0.05, 0) is 72.5 Å². The lowest BCUT2D eigenvalue weighted by Gasteiger charge is -2.20. The molecule has 106 valence electrons. The Bertz CT molecular complexity index is 450. The summed E-state index contributed by atoms with van der Waals surface area (Å²) in [5.74, 6) is 0.481. The molecule has 0 bridgehead atoms. The van der Waals surface area contributed by atoms with Crippen molar-refractivity contribution >= 4 is 28.7 Å². The van der Waals surface area contributed by atoms with E-state index in [1.165, 1.54) is 9.13 Å². The Hall–Kier alpha value is -0.780. The van der Waals surface area contributed by atoms with E-state index < -0.39 is 5.60 Å². The molecule has 0 aliphatic rings. The second-order valence-electron chi connectivity index (χ2n) is 5.90. The smallest absolute Gasteiger partial charge is 0.407 e. The number of hydrogen-bond donors (Lipinski definition) is 1. The SMILES string of the molecule is CC(C)c1cc(I)cc(CNC(=O)OC(C)(C)C)c1. The molecular formula is C15H22INO2. The average Bonchev–Trinajstić information content (AvgIpc) is 2.23. The van der Waals surface area contributed by atoms with Gasteiger partial charge >= 0.3 is 6.09 Å². The fourth-order valence-corrected chi connectivity index (χ4v) is 2.36. The molecule has 1 aromatic rings. The maximum Gasteiger partial charge on any atom is 0.407 e. The molecule has 0 radical (unpaired) electrons. The van der Waals surface area contributed by atoms with E-state index in [-0.39, 0.29) is 6.09 Å². The van der Waals surface area contributed by atoms with Crippen LogP contribution in [0.4, 0.5) is 4.79 Å². The molecule has 0 spiro atoms. The predicted octanol–water partition coefficient (Wildman–Crippen LogP) is 4.44. The minimum absolute atomic E-state index is 0.377.